The van der Waals surface area contributed by atoms with E-state index >= 15 is 0 Å². The van der Waals surface area contributed by atoms with Gasteiger partial charge in [0, 0.05) is 22.6 Å². The van der Waals surface area contributed by atoms with Crippen molar-refractivity contribution in [2.45, 2.75) is 66.4 Å². The topological polar surface area (TPSA) is 81.1 Å². The number of thiol groups is 4. The van der Waals surface area contributed by atoms with Gasteiger partial charge in [0.25, 0.3) is 0 Å². The van der Waals surface area contributed by atoms with Crippen LogP contribution in [0.1, 0.15) is 33.1 Å². The molecule has 2 bridgehead atoms. The maximum Gasteiger partial charge on any atom is 0.408 e. The molecule has 2 aliphatic rings. The van der Waals surface area contributed by atoms with E-state index in [2.05, 4.69) is 50.5 Å². The highest BCUT2D eigenvalue weighted by Gasteiger charge is 2.53. The molecule has 2 saturated carbocycles. The fraction of sp³-hybridized carbons (Fsp3) is 0.867. The van der Waals surface area contributed by atoms with Crippen molar-refractivity contribution >= 4 is 62.7 Å². The predicted molar refractivity (Wildman–Crippen MR) is 111 cm³/mol. The Morgan fingerprint density at radius 3 is 1.32 bits per heavy atom. The molecule has 8 unspecified atom stereocenters. The van der Waals surface area contributed by atoms with Crippen LogP contribution in [0.4, 0.5) is 9.59 Å². The monoisotopic (exact) mass is 426 g/mol. The highest BCUT2D eigenvalue weighted by Crippen LogP contribution is 2.50. The lowest BCUT2D eigenvalue weighted by Crippen LogP contribution is -2.54. The third kappa shape index (κ3) is 4.27. The number of fused-ring (bicyclic) bond motifs is 2. The summed E-state index contributed by atoms with van der Waals surface area (Å²) in [6.07, 6.45) is 0.114. The molecule has 10 heteroatoms. The lowest BCUT2D eigenvalue weighted by molar-refractivity contribution is 0.0663. The van der Waals surface area contributed by atoms with Gasteiger partial charge in [0.15, 0.2) is 0 Å². The summed E-state index contributed by atoms with van der Waals surface area (Å²) < 4.78 is 0. The molecule has 0 spiro atoms. The molecule has 2 fully saturated rings. The Balaban J connectivity index is 2.15. The minimum Gasteiger partial charge on any atom is -0.465 e. The molecule has 0 aromatic rings. The van der Waals surface area contributed by atoms with Crippen molar-refractivity contribution in [1.29, 1.82) is 0 Å². The Morgan fingerprint density at radius 2 is 1.12 bits per heavy atom. The molecule has 25 heavy (non-hydrogen) atoms. The van der Waals surface area contributed by atoms with Crippen LogP contribution in [-0.4, -0.2) is 65.5 Å². The first-order chi connectivity index (χ1) is 11.6. The van der Waals surface area contributed by atoms with Crippen LogP contribution in [0.3, 0.4) is 0 Å². The molecule has 2 rings (SSSR count). The van der Waals surface area contributed by atoms with Crippen LogP contribution < -0.4 is 0 Å². The van der Waals surface area contributed by atoms with Crippen molar-refractivity contribution in [3.8, 4) is 0 Å². The molecule has 2 amide bonds. The van der Waals surface area contributed by atoms with Gasteiger partial charge in [0.2, 0.25) is 0 Å². The van der Waals surface area contributed by atoms with Crippen molar-refractivity contribution in [1.82, 2.24) is 9.80 Å². The summed E-state index contributed by atoms with van der Waals surface area (Å²) in [5, 5.41) is 17.9. The molecule has 144 valence electrons. The van der Waals surface area contributed by atoms with Gasteiger partial charge in [0.1, 0.15) is 0 Å². The van der Waals surface area contributed by atoms with Crippen molar-refractivity contribution in [2.24, 2.45) is 11.8 Å². The predicted octanol–water partition coefficient (Wildman–Crippen LogP) is 3.26. The fourth-order valence-corrected chi connectivity index (χ4v) is 5.09. The van der Waals surface area contributed by atoms with Crippen LogP contribution in [0.5, 0.6) is 0 Å². The minimum atomic E-state index is -0.999. The van der Waals surface area contributed by atoms with Crippen LogP contribution in [0.25, 0.3) is 0 Å². The van der Waals surface area contributed by atoms with E-state index in [1.54, 1.807) is 0 Å². The van der Waals surface area contributed by atoms with E-state index in [0.29, 0.717) is 12.8 Å². The molecule has 2 aliphatic carbocycles. The van der Waals surface area contributed by atoms with E-state index in [0.717, 1.165) is 6.42 Å². The number of hydrogen-bond donors (Lipinski definition) is 6. The van der Waals surface area contributed by atoms with E-state index in [1.165, 1.54) is 9.80 Å². The summed E-state index contributed by atoms with van der Waals surface area (Å²) >= 11 is 17.5. The Hall–Kier alpha value is -0.0600. The molecular weight excluding hydrogens is 400 g/mol. The number of carbonyl (C=O) groups is 2. The van der Waals surface area contributed by atoms with Gasteiger partial charge in [-0.15, -0.1) is 0 Å². The molecule has 2 N–H and O–H groups in total. The average molecular weight is 427 g/mol. The number of amides is 2. The van der Waals surface area contributed by atoms with Gasteiger partial charge in [-0.25, -0.2) is 9.59 Å². The molecule has 0 aliphatic heterocycles. The zero-order valence-corrected chi connectivity index (χ0v) is 17.7. The molecular formula is C15H26N2O4S4. The lowest BCUT2D eigenvalue weighted by Gasteiger charge is -2.42. The summed E-state index contributed by atoms with van der Waals surface area (Å²) in [5.41, 5.74) is 0. The largest absolute Gasteiger partial charge is 0.465 e. The Bertz CT molecular complexity index is 478. The van der Waals surface area contributed by atoms with Crippen LogP contribution in [0.15, 0.2) is 0 Å². The zero-order chi connectivity index (χ0) is 19.0. The highest BCUT2D eigenvalue weighted by molar-refractivity contribution is 7.85. The molecule has 8 atom stereocenters. The molecule has 0 saturated heterocycles. The van der Waals surface area contributed by atoms with E-state index in [9.17, 15) is 19.8 Å². The lowest BCUT2D eigenvalue weighted by atomic mass is 9.89. The first kappa shape index (κ1) is 21.2. The highest BCUT2D eigenvalue weighted by atomic mass is 32.1. The Morgan fingerprint density at radius 1 is 0.800 bits per heavy atom. The van der Waals surface area contributed by atoms with E-state index < -0.39 is 22.9 Å². The smallest absolute Gasteiger partial charge is 0.408 e. The number of rotatable bonds is 6. The molecule has 6 nitrogen and oxygen atoms in total. The van der Waals surface area contributed by atoms with Crippen LogP contribution in [0, 0.1) is 11.8 Å². The minimum absolute atomic E-state index is 0.130. The SMILES string of the molecule is CC(S)C(S)N(C(=O)O)C1CC2CC1CC2N(C(=O)O)C(S)C(C)S. The van der Waals surface area contributed by atoms with Crippen molar-refractivity contribution in [3.63, 3.8) is 0 Å². The zero-order valence-electron chi connectivity index (χ0n) is 14.1. The number of carboxylic acid groups (broad SMARTS) is 2. The van der Waals surface area contributed by atoms with Gasteiger partial charge in [-0.05, 0) is 31.1 Å². The van der Waals surface area contributed by atoms with E-state index in [1.807, 2.05) is 13.8 Å². The Labute approximate surface area is 170 Å². The number of nitrogens with zero attached hydrogens (tertiary/aromatic N) is 2. The maximum atomic E-state index is 11.7. The van der Waals surface area contributed by atoms with Crippen LogP contribution in [-0.2, 0) is 0 Å². The van der Waals surface area contributed by atoms with Gasteiger partial charge in [-0.2, -0.15) is 50.5 Å². The maximum absolute atomic E-state index is 11.7. The summed E-state index contributed by atoms with van der Waals surface area (Å²) in [5.74, 6) is 0.260. The summed E-state index contributed by atoms with van der Waals surface area (Å²) in [6.45, 7) is 3.64. The van der Waals surface area contributed by atoms with Crippen molar-refractivity contribution in [3.05, 3.63) is 0 Å². The van der Waals surface area contributed by atoms with Gasteiger partial charge in [-0.1, -0.05) is 13.8 Å². The average Bonchev–Trinajstić information content (AvgIpc) is 3.06. The second-order valence-corrected chi connectivity index (χ2v) is 9.74. The summed E-state index contributed by atoms with van der Waals surface area (Å²) in [6, 6.07) is -0.281. The third-order valence-corrected chi connectivity index (χ3v) is 7.80. The fourth-order valence-electron chi connectivity index (χ4n) is 4.26. The number of hydrogen-bond acceptors (Lipinski definition) is 6. The van der Waals surface area contributed by atoms with Crippen molar-refractivity contribution < 1.29 is 19.8 Å². The standard InChI is InChI=1S/C15H26N2O4S4/c1-6(22)12(24)16(14(18)19)10-4-9-3-8(10)5-11(9)17(15(20)21)13(25)7(2)23/h6-13,22-25H,3-5H2,1-2H3,(H,18,19)(H,20,21). The Kier molecular flexibility index (Phi) is 7.06. The normalized spacial score (nSPS) is 32.7. The molecule has 0 aromatic heterocycles. The second-order valence-electron chi connectivity index (χ2n) is 7.05. The first-order valence-corrected chi connectivity index (χ1v) is 10.4. The van der Waals surface area contributed by atoms with E-state index in [-0.39, 0.29) is 34.4 Å². The quantitative estimate of drug-likeness (QED) is 0.291. The summed E-state index contributed by atoms with van der Waals surface area (Å²) in [4.78, 5) is 26.3. The van der Waals surface area contributed by atoms with Gasteiger partial charge >= 0.3 is 12.2 Å². The van der Waals surface area contributed by atoms with Crippen molar-refractivity contribution in [2.75, 3.05) is 0 Å². The molecule has 0 aromatic carbocycles. The summed E-state index contributed by atoms with van der Waals surface area (Å²) in [7, 11) is 0. The van der Waals surface area contributed by atoms with Gasteiger partial charge < -0.3 is 10.2 Å². The second kappa shape index (κ2) is 8.31. The first-order valence-electron chi connectivity index (χ1n) is 8.31. The van der Waals surface area contributed by atoms with Gasteiger partial charge in [-0.3, -0.25) is 9.80 Å². The van der Waals surface area contributed by atoms with Crippen LogP contribution in [0.2, 0.25) is 0 Å². The van der Waals surface area contributed by atoms with Crippen LogP contribution >= 0.6 is 50.5 Å². The van der Waals surface area contributed by atoms with Gasteiger partial charge in [0.05, 0.1) is 10.7 Å². The molecule has 0 heterocycles. The molecule has 0 radical (unpaired) electrons. The third-order valence-electron chi connectivity index (χ3n) is 5.37. The van der Waals surface area contributed by atoms with E-state index in [4.69, 9.17) is 0 Å².